The van der Waals surface area contributed by atoms with E-state index in [-0.39, 0.29) is 11.8 Å². The Balaban J connectivity index is 1.49. The summed E-state index contributed by atoms with van der Waals surface area (Å²) >= 11 is 0. The summed E-state index contributed by atoms with van der Waals surface area (Å²) in [4.78, 5) is 38.7. The lowest BCUT2D eigenvalue weighted by molar-refractivity contribution is -0.116. The maximum absolute atomic E-state index is 13.0. The van der Waals surface area contributed by atoms with Crippen LogP contribution in [0.4, 0.5) is 10.5 Å². The molecule has 41 heavy (non-hydrogen) atoms. The Morgan fingerprint density at radius 1 is 0.902 bits per heavy atom. The highest BCUT2D eigenvalue weighted by Gasteiger charge is 2.25. The molecule has 1 aliphatic rings. The number of carbonyl (C=O) groups excluding carboxylic acids is 3. The van der Waals surface area contributed by atoms with Gasteiger partial charge in [0.05, 0.1) is 5.60 Å². The standard InChI is InChI=1S/C33H47N3O5/c1-23(37)36-20-9-10-27-22-26(15-16-28(27)36)24-11-13-25(14-12-24)29(38)35-32(5,6)18-21-40-33(7,8)17-19-34-30(39)41-31(2,3)4/h11-16,22H,9-10,17-21H2,1-8H3,(H,34,39)(H,35,38). The van der Waals surface area contributed by atoms with Crippen molar-refractivity contribution >= 4 is 23.6 Å². The van der Waals surface area contributed by atoms with E-state index in [0.29, 0.717) is 31.6 Å². The van der Waals surface area contributed by atoms with Gasteiger partial charge in [-0.3, -0.25) is 9.59 Å². The van der Waals surface area contributed by atoms with Crippen molar-refractivity contribution in [3.05, 3.63) is 53.6 Å². The molecule has 2 N–H and O–H groups in total. The van der Waals surface area contributed by atoms with E-state index < -0.39 is 22.8 Å². The molecule has 8 heteroatoms. The summed E-state index contributed by atoms with van der Waals surface area (Å²) in [6.07, 6.45) is 2.73. The fourth-order valence-corrected chi connectivity index (χ4v) is 4.79. The molecule has 3 rings (SSSR count). The number of alkyl carbamates (subject to hydrolysis) is 1. The van der Waals surface area contributed by atoms with Gasteiger partial charge in [0.15, 0.2) is 0 Å². The molecule has 3 amide bonds. The average molecular weight is 566 g/mol. The molecule has 2 aromatic carbocycles. The van der Waals surface area contributed by atoms with Gasteiger partial charge in [0.2, 0.25) is 5.91 Å². The van der Waals surface area contributed by atoms with E-state index in [1.807, 2.05) is 89.8 Å². The van der Waals surface area contributed by atoms with Crippen molar-refractivity contribution in [1.29, 1.82) is 0 Å². The molecule has 0 saturated heterocycles. The van der Waals surface area contributed by atoms with Crippen LogP contribution in [0.5, 0.6) is 0 Å². The summed E-state index contributed by atoms with van der Waals surface area (Å²) < 4.78 is 11.4. The van der Waals surface area contributed by atoms with Gasteiger partial charge in [0.1, 0.15) is 5.60 Å². The van der Waals surface area contributed by atoms with E-state index in [1.165, 1.54) is 5.56 Å². The monoisotopic (exact) mass is 565 g/mol. The van der Waals surface area contributed by atoms with Crippen LogP contribution in [0, 0.1) is 0 Å². The smallest absolute Gasteiger partial charge is 0.407 e. The number of carbonyl (C=O) groups is 3. The lowest BCUT2D eigenvalue weighted by atomic mass is 9.95. The van der Waals surface area contributed by atoms with Crippen molar-refractivity contribution in [3.8, 4) is 11.1 Å². The molecule has 0 aliphatic carbocycles. The topological polar surface area (TPSA) is 97.0 Å². The van der Waals surface area contributed by atoms with E-state index >= 15 is 0 Å². The molecule has 0 radical (unpaired) electrons. The lowest BCUT2D eigenvalue weighted by Crippen LogP contribution is -2.45. The number of ether oxygens (including phenoxy) is 2. The van der Waals surface area contributed by atoms with Crippen molar-refractivity contribution in [2.24, 2.45) is 0 Å². The minimum absolute atomic E-state index is 0.0693. The second-order valence-corrected chi connectivity index (χ2v) is 13.1. The van der Waals surface area contributed by atoms with Gasteiger partial charge in [0, 0.05) is 43.4 Å². The van der Waals surface area contributed by atoms with Crippen LogP contribution in [0.2, 0.25) is 0 Å². The van der Waals surface area contributed by atoms with E-state index in [2.05, 4.69) is 16.7 Å². The molecule has 1 heterocycles. The SMILES string of the molecule is CC(=O)N1CCCc2cc(-c3ccc(C(=O)NC(C)(C)CCOC(C)(C)CCNC(=O)OC(C)(C)C)cc3)ccc21. The summed E-state index contributed by atoms with van der Waals surface area (Å²) in [5.41, 5.74) is 3.43. The van der Waals surface area contributed by atoms with Crippen LogP contribution in [0.15, 0.2) is 42.5 Å². The number of nitrogens with zero attached hydrogens (tertiary/aromatic N) is 1. The summed E-state index contributed by atoms with van der Waals surface area (Å²) in [7, 11) is 0. The van der Waals surface area contributed by atoms with Crippen molar-refractivity contribution in [3.63, 3.8) is 0 Å². The molecule has 0 atom stereocenters. The summed E-state index contributed by atoms with van der Waals surface area (Å²) in [6.45, 7) is 16.7. The Kier molecular flexibility index (Phi) is 10.2. The first kappa shape index (κ1) is 32.1. The van der Waals surface area contributed by atoms with Crippen LogP contribution in [0.3, 0.4) is 0 Å². The highest BCUT2D eigenvalue weighted by molar-refractivity contribution is 5.95. The number of fused-ring (bicyclic) bond motifs is 1. The summed E-state index contributed by atoms with van der Waals surface area (Å²) in [5, 5.41) is 5.89. The quantitative estimate of drug-likeness (QED) is 0.354. The van der Waals surface area contributed by atoms with Crippen LogP contribution in [0.25, 0.3) is 11.1 Å². The molecule has 0 fully saturated rings. The van der Waals surface area contributed by atoms with Crippen LogP contribution in [0.1, 0.15) is 90.6 Å². The van der Waals surface area contributed by atoms with Gasteiger partial charge in [-0.15, -0.1) is 0 Å². The van der Waals surface area contributed by atoms with Gasteiger partial charge >= 0.3 is 6.09 Å². The number of aryl methyl sites for hydroxylation is 1. The zero-order chi connectivity index (χ0) is 30.4. The number of benzene rings is 2. The minimum Gasteiger partial charge on any atom is -0.444 e. The Morgan fingerprint density at radius 3 is 2.20 bits per heavy atom. The zero-order valence-corrected chi connectivity index (χ0v) is 26.0. The molecule has 0 saturated carbocycles. The third-order valence-corrected chi connectivity index (χ3v) is 7.13. The predicted molar refractivity (Wildman–Crippen MR) is 163 cm³/mol. The highest BCUT2D eigenvalue weighted by Crippen LogP contribution is 2.32. The van der Waals surface area contributed by atoms with Gasteiger partial charge in [-0.05, 0) is 115 Å². The largest absolute Gasteiger partial charge is 0.444 e. The number of nitrogens with one attached hydrogen (secondary N) is 2. The molecule has 8 nitrogen and oxygen atoms in total. The van der Waals surface area contributed by atoms with Crippen LogP contribution < -0.4 is 15.5 Å². The molecule has 0 spiro atoms. The summed E-state index contributed by atoms with van der Waals surface area (Å²) in [6, 6.07) is 13.8. The third-order valence-electron chi connectivity index (χ3n) is 7.13. The number of hydrogen-bond acceptors (Lipinski definition) is 5. The summed E-state index contributed by atoms with van der Waals surface area (Å²) in [5.74, 6) is -0.0650. The zero-order valence-electron chi connectivity index (χ0n) is 26.0. The number of anilines is 1. The number of rotatable bonds is 10. The Labute approximate surface area is 245 Å². The van der Waals surface area contributed by atoms with Gasteiger partial charge in [-0.1, -0.05) is 18.2 Å². The molecule has 0 bridgehead atoms. The second-order valence-electron chi connectivity index (χ2n) is 13.1. The average Bonchev–Trinajstić information content (AvgIpc) is 2.86. The number of amides is 3. The van der Waals surface area contributed by atoms with Gasteiger partial charge in [-0.25, -0.2) is 4.79 Å². The number of hydrogen-bond donors (Lipinski definition) is 2. The van der Waals surface area contributed by atoms with Crippen LogP contribution in [-0.4, -0.2) is 54.3 Å². The molecular weight excluding hydrogens is 518 g/mol. The fourth-order valence-electron chi connectivity index (χ4n) is 4.79. The lowest BCUT2D eigenvalue weighted by Gasteiger charge is -2.30. The van der Waals surface area contributed by atoms with Crippen molar-refractivity contribution < 1.29 is 23.9 Å². The minimum atomic E-state index is -0.531. The maximum Gasteiger partial charge on any atom is 0.407 e. The van der Waals surface area contributed by atoms with E-state index in [4.69, 9.17) is 9.47 Å². The van der Waals surface area contributed by atoms with Crippen molar-refractivity contribution in [2.45, 2.75) is 97.8 Å². The second kappa shape index (κ2) is 13.1. The Hall–Kier alpha value is -3.39. The highest BCUT2D eigenvalue weighted by atomic mass is 16.6. The van der Waals surface area contributed by atoms with Crippen molar-refractivity contribution in [2.75, 3.05) is 24.6 Å². The van der Waals surface area contributed by atoms with Crippen molar-refractivity contribution in [1.82, 2.24) is 10.6 Å². The molecule has 0 aromatic heterocycles. The molecule has 1 aliphatic heterocycles. The third kappa shape index (κ3) is 9.88. The first-order valence-electron chi connectivity index (χ1n) is 14.5. The molecular formula is C33H47N3O5. The van der Waals surface area contributed by atoms with E-state index in [9.17, 15) is 14.4 Å². The van der Waals surface area contributed by atoms with E-state index in [1.54, 1.807) is 6.92 Å². The van der Waals surface area contributed by atoms with Crippen LogP contribution >= 0.6 is 0 Å². The first-order chi connectivity index (χ1) is 19.1. The molecule has 0 unspecified atom stereocenters. The Morgan fingerprint density at radius 2 is 1.56 bits per heavy atom. The normalized spacial score (nSPS) is 13.8. The van der Waals surface area contributed by atoms with Gasteiger partial charge < -0.3 is 25.0 Å². The fraction of sp³-hybridized carbons (Fsp3) is 0.545. The maximum atomic E-state index is 13.0. The molecule has 224 valence electrons. The van der Waals surface area contributed by atoms with Crippen LogP contribution in [-0.2, 0) is 20.7 Å². The van der Waals surface area contributed by atoms with E-state index in [0.717, 1.165) is 36.2 Å². The Bertz CT molecular complexity index is 1230. The first-order valence-corrected chi connectivity index (χ1v) is 14.5. The molecule has 2 aromatic rings. The predicted octanol–water partition coefficient (Wildman–Crippen LogP) is 6.26. The van der Waals surface area contributed by atoms with Gasteiger partial charge in [-0.2, -0.15) is 0 Å². The van der Waals surface area contributed by atoms with Gasteiger partial charge in [0.25, 0.3) is 5.91 Å².